The highest BCUT2D eigenvalue weighted by Gasteiger charge is 2.17. The van der Waals surface area contributed by atoms with E-state index in [0.29, 0.717) is 18.7 Å². The molecule has 1 aromatic rings. The van der Waals surface area contributed by atoms with Crippen LogP contribution in [0.2, 0.25) is 0 Å². The highest BCUT2D eigenvalue weighted by molar-refractivity contribution is 7.90. The summed E-state index contributed by atoms with van der Waals surface area (Å²) in [7, 11) is -3.11. The number of nitrogens with two attached hydrogens (primary N) is 2. The van der Waals surface area contributed by atoms with Crippen molar-refractivity contribution in [2.45, 2.75) is 13.3 Å². The third kappa shape index (κ3) is 6.32. The second-order valence-electron chi connectivity index (χ2n) is 5.42. The number of hydrogen-bond donors (Lipinski definition) is 3. The van der Waals surface area contributed by atoms with Gasteiger partial charge in [-0.3, -0.25) is 0 Å². The van der Waals surface area contributed by atoms with Crippen molar-refractivity contribution in [3.05, 3.63) is 35.7 Å². The Hall–Kier alpha value is -1.87. The van der Waals surface area contributed by atoms with E-state index in [1.807, 2.05) is 0 Å². The number of halogens is 2. The first-order valence-corrected chi connectivity index (χ1v) is 9.56. The summed E-state index contributed by atoms with van der Waals surface area (Å²) in [6.45, 7) is 2.46. The Bertz CT molecular complexity index is 670. The second-order valence-corrected chi connectivity index (χ2v) is 7.68. The average molecular weight is 362 g/mol. The van der Waals surface area contributed by atoms with E-state index >= 15 is 0 Å². The van der Waals surface area contributed by atoms with Gasteiger partial charge in [0.2, 0.25) is 0 Å². The Morgan fingerprint density at radius 2 is 1.92 bits per heavy atom. The predicted molar refractivity (Wildman–Crippen MR) is 93.5 cm³/mol. The quantitative estimate of drug-likeness (QED) is 0.614. The summed E-state index contributed by atoms with van der Waals surface area (Å²) in [6, 6.07) is 2.30. The molecule has 1 aromatic carbocycles. The van der Waals surface area contributed by atoms with Gasteiger partial charge in [0.15, 0.2) is 11.6 Å². The normalized spacial score (nSPS) is 12.3. The molecule has 0 bridgehead atoms. The van der Waals surface area contributed by atoms with Gasteiger partial charge in [-0.1, -0.05) is 0 Å². The monoisotopic (exact) mass is 362 g/mol. The molecular weight excluding hydrogens is 338 g/mol. The van der Waals surface area contributed by atoms with Crippen LogP contribution in [0.3, 0.4) is 0 Å². The van der Waals surface area contributed by atoms with Gasteiger partial charge in [0.1, 0.15) is 15.5 Å². The summed E-state index contributed by atoms with van der Waals surface area (Å²) >= 11 is 0. The van der Waals surface area contributed by atoms with Crippen LogP contribution in [0.1, 0.15) is 13.3 Å². The summed E-state index contributed by atoms with van der Waals surface area (Å²) < 4.78 is 50.9. The fraction of sp³-hybridized carbons (Fsp3) is 0.467. The molecule has 9 heteroatoms. The van der Waals surface area contributed by atoms with Gasteiger partial charge in [0, 0.05) is 43.5 Å². The second kappa shape index (κ2) is 8.84. The molecule has 5 N–H and O–H groups in total. The first kappa shape index (κ1) is 20.2. The molecule has 0 aliphatic rings. The summed E-state index contributed by atoms with van der Waals surface area (Å²) in [4.78, 5) is 1.48. The summed E-state index contributed by atoms with van der Waals surface area (Å²) in [5.74, 6) is -1.51. The lowest BCUT2D eigenvalue weighted by atomic mass is 10.2. The van der Waals surface area contributed by atoms with Gasteiger partial charge in [-0.2, -0.15) is 0 Å². The van der Waals surface area contributed by atoms with Crippen molar-refractivity contribution in [1.29, 1.82) is 0 Å². The Labute approximate surface area is 141 Å². The fourth-order valence-electron chi connectivity index (χ4n) is 2.13. The van der Waals surface area contributed by atoms with E-state index in [0.717, 1.165) is 18.4 Å². The predicted octanol–water partition coefficient (Wildman–Crippen LogP) is 1.40. The van der Waals surface area contributed by atoms with Crippen molar-refractivity contribution >= 4 is 21.2 Å². The molecule has 0 aliphatic heterocycles. The first-order chi connectivity index (χ1) is 11.2. The zero-order chi connectivity index (χ0) is 18.3. The van der Waals surface area contributed by atoms with E-state index < -0.39 is 21.5 Å². The lowest BCUT2D eigenvalue weighted by molar-refractivity contribution is 0.570. The average Bonchev–Trinajstić information content (AvgIpc) is 2.49. The molecule has 0 radical (unpaired) electrons. The zero-order valence-corrected chi connectivity index (χ0v) is 14.7. The molecule has 0 atom stereocenters. The molecule has 24 heavy (non-hydrogen) atoms. The molecule has 6 nitrogen and oxygen atoms in total. The maximum atomic E-state index is 14.3. The van der Waals surface area contributed by atoms with Crippen LogP contribution in [0.5, 0.6) is 0 Å². The first-order valence-electron chi connectivity index (χ1n) is 7.50. The molecule has 0 spiro atoms. The van der Waals surface area contributed by atoms with Gasteiger partial charge in [-0.05, 0) is 25.5 Å². The molecule has 1 rings (SSSR count). The van der Waals surface area contributed by atoms with Gasteiger partial charge in [0.05, 0.1) is 5.75 Å². The smallest absolute Gasteiger partial charge is 0.151 e. The third-order valence-electron chi connectivity index (χ3n) is 3.32. The van der Waals surface area contributed by atoms with Crippen molar-refractivity contribution in [1.82, 2.24) is 0 Å². The molecule has 0 heterocycles. The minimum Gasteiger partial charge on any atom is -0.400 e. The van der Waals surface area contributed by atoms with Crippen LogP contribution in [-0.2, 0) is 9.84 Å². The molecule has 0 aromatic heterocycles. The molecular formula is C15H24F2N4O2S. The van der Waals surface area contributed by atoms with Gasteiger partial charge >= 0.3 is 0 Å². The SMILES string of the molecule is CCN(CCCS(C)(=O)=O)c1c(F)cc(N/C=C(\N)CN)cc1F. The zero-order valence-electron chi connectivity index (χ0n) is 13.9. The van der Waals surface area contributed by atoms with Crippen molar-refractivity contribution in [3.63, 3.8) is 0 Å². The maximum Gasteiger partial charge on any atom is 0.151 e. The number of hydrogen-bond acceptors (Lipinski definition) is 6. The fourth-order valence-corrected chi connectivity index (χ4v) is 2.79. The van der Waals surface area contributed by atoms with Crippen LogP contribution in [0.15, 0.2) is 24.0 Å². The van der Waals surface area contributed by atoms with Gasteiger partial charge < -0.3 is 21.7 Å². The summed E-state index contributed by atoms with van der Waals surface area (Å²) in [5, 5.41) is 2.68. The van der Waals surface area contributed by atoms with Crippen LogP contribution in [0.4, 0.5) is 20.2 Å². The van der Waals surface area contributed by atoms with Gasteiger partial charge in [-0.25, -0.2) is 17.2 Å². The number of nitrogens with zero attached hydrogens (tertiary/aromatic N) is 1. The van der Waals surface area contributed by atoms with Crippen LogP contribution in [0.25, 0.3) is 0 Å². The molecule has 0 saturated heterocycles. The number of rotatable bonds is 9. The highest BCUT2D eigenvalue weighted by atomic mass is 32.2. The highest BCUT2D eigenvalue weighted by Crippen LogP contribution is 2.27. The minimum atomic E-state index is -3.11. The number of nitrogens with one attached hydrogen (secondary N) is 1. The Morgan fingerprint density at radius 3 is 2.38 bits per heavy atom. The molecule has 0 fully saturated rings. The third-order valence-corrected chi connectivity index (χ3v) is 4.35. The van der Waals surface area contributed by atoms with Crippen LogP contribution < -0.4 is 21.7 Å². The van der Waals surface area contributed by atoms with Gasteiger partial charge in [-0.15, -0.1) is 0 Å². The molecule has 136 valence electrons. The Balaban J connectivity index is 2.93. The molecule has 0 amide bonds. The maximum absolute atomic E-state index is 14.3. The lowest BCUT2D eigenvalue weighted by Gasteiger charge is -2.24. The minimum absolute atomic E-state index is 0.0322. The summed E-state index contributed by atoms with van der Waals surface area (Å²) in [6.07, 6.45) is 2.80. The summed E-state index contributed by atoms with van der Waals surface area (Å²) in [5.41, 5.74) is 11.2. The largest absolute Gasteiger partial charge is 0.400 e. The molecule has 0 saturated carbocycles. The van der Waals surface area contributed by atoms with Gasteiger partial charge in [0.25, 0.3) is 0 Å². The van der Waals surface area contributed by atoms with E-state index in [1.165, 1.54) is 11.1 Å². The lowest BCUT2D eigenvalue weighted by Crippen LogP contribution is -2.27. The van der Waals surface area contributed by atoms with E-state index in [2.05, 4.69) is 5.32 Å². The van der Waals surface area contributed by atoms with Crippen LogP contribution >= 0.6 is 0 Å². The molecule has 0 unspecified atom stereocenters. The number of benzene rings is 1. The van der Waals surface area contributed by atoms with Crippen molar-refractivity contribution in [2.24, 2.45) is 11.5 Å². The molecule has 0 aliphatic carbocycles. The van der Waals surface area contributed by atoms with E-state index in [4.69, 9.17) is 11.5 Å². The van der Waals surface area contributed by atoms with E-state index in [-0.39, 0.29) is 30.2 Å². The number of sulfone groups is 1. The number of anilines is 2. The Kier molecular flexibility index (Phi) is 7.43. The van der Waals surface area contributed by atoms with Crippen molar-refractivity contribution in [3.8, 4) is 0 Å². The topological polar surface area (TPSA) is 101 Å². The van der Waals surface area contributed by atoms with Crippen LogP contribution in [0, 0.1) is 11.6 Å². The standard InChI is InChI=1S/C15H24F2N4O2S/c1-3-21(5-4-6-24(2,22)23)15-13(16)7-12(8-14(15)17)20-10-11(19)9-18/h7-8,10,20H,3-6,9,18-19H2,1-2H3/b11-10-. The Morgan fingerprint density at radius 1 is 1.33 bits per heavy atom. The van der Waals surface area contributed by atoms with E-state index in [1.54, 1.807) is 6.92 Å². The van der Waals surface area contributed by atoms with E-state index in [9.17, 15) is 17.2 Å². The van der Waals surface area contributed by atoms with Crippen molar-refractivity contribution in [2.75, 3.05) is 41.9 Å². The van der Waals surface area contributed by atoms with Crippen LogP contribution in [-0.4, -0.2) is 40.1 Å². The van der Waals surface area contributed by atoms with Crippen molar-refractivity contribution < 1.29 is 17.2 Å².